The molecule has 0 bridgehead atoms. The van der Waals surface area contributed by atoms with Gasteiger partial charge in [0, 0.05) is 25.0 Å². The van der Waals surface area contributed by atoms with Crippen molar-refractivity contribution in [3.8, 4) is 0 Å². The van der Waals surface area contributed by atoms with E-state index < -0.39 is 0 Å². The molecule has 88 valence electrons. The summed E-state index contributed by atoms with van der Waals surface area (Å²) >= 11 is 11.2. The van der Waals surface area contributed by atoms with E-state index in [1.807, 2.05) is 37.3 Å². The molecule has 1 nitrogen and oxygen atoms in total. The molecule has 0 aliphatic rings. The molecule has 2 aromatic carbocycles. The summed E-state index contributed by atoms with van der Waals surface area (Å²) in [6, 6.07) is 11.8. The SMILES string of the molecule is Cc1cc(Sc2cccc(Cl)c2)c(Br)cc1N. The number of nitrogen functional groups attached to an aromatic ring is 1. The summed E-state index contributed by atoms with van der Waals surface area (Å²) in [7, 11) is 0. The molecule has 17 heavy (non-hydrogen) atoms. The van der Waals surface area contributed by atoms with Gasteiger partial charge >= 0.3 is 0 Å². The van der Waals surface area contributed by atoms with Gasteiger partial charge in [-0.05, 0) is 58.7 Å². The number of benzene rings is 2. The normalized spacial score (nSPS) is 10.5. The third kappa shape index (κ3) is 3.18. The van der Waals surface area contributed by atoms with Gasteiger partial charge < -0.3 is 5.73 Å². The van der Waals surface area contributed by atoms with Crippen LogP contribution in [0.15, 0.2) is 50.7 Å². The van der Waals surface area contributed by atoms with Crippen molar-refractivity contribution in [1.82, 2.24) is 0 Å². The van der Waals surface area contributed by atoms with Gasteiger partial charge in [0.25, 0.3) is 0 Å². The Morgan fingerprint density at radius 1 is 1.24 bits per heavy atom. The lowest BCUT2D eigenvalue weighted by Gasteiger charge is -2.08. The minimum Gasteiger partial charge on any atom is -0.398 e. The lowest BCUT2D eigenvalue weighted by molar-refractivity contribution is 1.32. The molecule has 0 aliphatic carbocycles. The topological polar surface area (TPSA) is 26.0 Å². The fraction of sp³-hybridized carbons (Fsp3) is 0.0769. The minimum atomic E-state index is 0.748. The minimum absolute atomic E-state index is 0.748. The largest absolute Gasteiger partial charge is 0.398 e. The van der Waals surface area contributed by atoms with Crippen LogP contribution >= 0.6 is 39.3 Å². The van der Waals surface area contributed by atoms with Gasteiger partial charge in [-0.1, -0.05) is 29.4 Å². The number of hydrogen-bond donors (Lipinski definition) is 1. The highest BCUT2D eigenvalue weighted by atomic mass is 79.9. The Bertz CT molecular complexity index is 557. The molecular formula is C13H11BrClNS. The third-order valence-corrected chi connectivity index (χ3v) is 4.55. The smallest absolute Gasteiger partial charge is 0.0417 e. The van der Waals surface area contributed by atoms with E-state index in [2.05, 4.69) is 22.0 Å². The van der Waals surface area contributed by atoms with Gasteiger partial charge in [0.2, 0.25) is 0 Å². The second-order valence-electron chi connectivity index (χ2n) is 3.70. The standard InChI is InChI=1S/C13H11BrClNS/c1-8-5-13(11(14)7-12(8)16)17-10-4-2-3-9(15)6-10/h2-7H,16H2,1H3. The maximum atomic E-state index is 5.96. The van der Waals surface area contributed by atoms with Crippen LogP contribution in [0.4, 0.5) is 5.69 Å². The fourth-order valence-corrected chi connectivity index (χ4v) is 3.24. The molecule has 0 unspecified atom stereocenters. The van der Waals surface area contributed by atoms with E-state index in [4.69, 9.17) is 17.3 Å². The maximum absolute atomic E-state index is 5.96. The van der Waals surface area contributed by atoms with Gasteiger partial charge in [0.15, 0.2) is 0 Å². The maximum Gasteiger partial charge on any atom is 0.0417 e. The van der Waals surface area contributed by atoms with Crippen molar-refractivity contribution in [2.75, 3.05) is 5.73 Å². The quantitative estimate of drug-likeness (QED) is 0.772. The third-order valence-electron chi connectivity index (χ3n) is 2.34. The zero-order valence-electron chi connectivity index (χ0n) is 9.21. The zero-order chi connectivity index (χ0) is 12.4. The highest BCUT2D eigenvalue weighted by Gasteiger charge is 2.05. The predicted octanol–water partition coefficient (Wildman–Crippen LogP) is 5.14. The molecule has 0 heterocycles. The van der Waals surface area contributed by atoms with E-state index >= 15 is 0 Å². The van der Waals surface area contributed by atoms with E-state index in [-0.39, 0.29) is 0 Å². The van der Waals surface area contributed by atoms with Crippen LogP contribution in [-0.4, -0.2) is 0 Å². The number of hydrogen-bond acceptors (Lipinski definition) is 2. The first-order valence-electron chi connectivity index (χ1n) is 5.05. The summed E-state index contributed by atoms with van der Waals surface area (Å²) in [5.74, 6) is 0. The van der Waals surface area contributed by atoms with Crippen LogP contribution in [0.3, 0.4) is 0 Å². The molecule has 0 saturated carbocycles. The van der Waals surface area contributed by atoms with Gasteiger partial charge in [-0.2, -0.15) is 0 Å². The van der Waals surface area contributed by atoms with Crippen LogP contribution in [0.5, 0.6) is 0 Å². The zero-order valence-corrected chi connectivity index (χ0v) is 12.4. The first kappa shape index (κ1) is 12.8. The average molecular weight is 329 g/mol. The molecule has 2 aromatic rings. The first-order valence-corrected chi connectivity index (χ1v) is 7.04. The summed E-state index contributed by atoms with van der Waals surface area (Å²) in [6.07, 6.45) is 0. The van der Waals surface area contributed by atoms with E-state index in [1.165, 1.54) is 0 Å². The van der Waals surface area contributed by atoms with E-state index in [0.29, 0.717) is 0 Å². The van der Waals surface area contributed by atoms with Gasteiger partial charge in [-0.15, -0.1) is 0 Å². The summed E-state index contributed by atoms with van der Waals surface area (Å²) in [5, 5.41) is 0.748. The predicted molar refractivity (Wildman–Crippen MR) is 78.9 cm³/mol. The molecule has 0 saturated heterocycles. The average Bonchev–Trinajstić information content (AvgIpc) is 2.26. The number of aryl methyl sites for hydroxylation is 1. The molecule has 0 aromatic heterocycles. The van der Waals surface area contributed by atoms with Crippen molar-refractivity contribution < 1.29 is 0 Å². The van der Waals surface area contributed by atoms with Crippen LogP contribution < -0.4 is 5.73 Å². The van der Waals surface area contributed by atoms with Crippen molar-refractivity contribution in [1.29, 1.82) is 0 Å². The van der Waals surface area contributed by atoms with Crippen molar-refractivity contribution >= 4 is 45.0 Å². The first-order chi connectivity index (χ1) is 8.06. The van der Waals surface area contributed by atoms with Gasteiger partial charge in [-0.3, -0.25) is 0 Å². The molecule has 0 aliphatic heterocycles. The molecule has 0 amide bonds. The lowest BCUT2D eigenvalue weighted by atomic mass is 10.2. The highest BCUT2D eigenvalue weighted by molar-refractivity contribution is 9.10. The summed E-state index contributed by atoms with van der Waals surface area (Å²) < 4.78 is 1.01. The van der Waals surface area contributed by atoms with Crippen molar-refractivity contribution in [2.45, 2.75) is 16.7 Å². The molecular weight excluding hydrogens is 318 g/mol. The van der Waals surface area contributed by atoms with Gasteiger partial charge in [0.05, 0.1) is 0 Å². The second kappa shape index (κ2) is 5.34. The van der Waals surface area contributed by atoms with Gasteiger partial charge in [0.1, 0.15) is 0 Å². The Balaban J connectivity index is 2.33. The monoisotopic (exact) mass is 327 g/mol. The summed E-state index contributed by atoms with van der Waals surface area (Å²) in [4.78, 5) is 2.25. The van der Waals surface area contributed by atoms with Gasteiger partial charge in [-0.25, -0.2) is 0 Å². The van der Waals surface area contributed by atoms with E-state index in [0.717, 1.165) is 30.5 Å². The number of halogens is 2. The van der Waals surface area contributed by atoms with Crippen molar-refractivity contribution in [2.24, 2.45) is 0 Å². The van der Waals surface area contributed by atoms with Crippen LogP contribution in [0.1, 0.15) is 5.56 Å². The Kier molecular flexibility index (Phi) is 4.02. The molecule has 0 spiro atoms. The number of nitrogens with two attached hydrogens (primary N) is 1. The second-order valence-corrected chi connectivity index (χ2v) is 6.10. The van der Waals surface area contributed by atoms with Crippen LogP contribution in [0, 0.1) is 6.92 Å². The fourth-order valence-electron chi connectivity index (χ4n) is 1.41. The van der Waals surface area contributed by atoms with Crippen LogP contribution in [-0.2, 0) is 0 Å². The molecule has 0 atom stereocenters. The van der Waals surface area contributed by atoms with E-state index in [9.17, 15) is 0 Å². The molecule has 2 rings (SSSR count). The summed E-state index contributed by atoms with van der Waals surface area (Å²) in [5.41, 5.74) is 7.73. The van der Waals surface area contributed by atoms with Crippen molar-refractivity contribution in [3.63, 3.8) is 0 Å². The Labute approximate surface area is 118 Å². The molecule has 0 fully saturated rings. The highest BCUT2D eigenvalue weighted by Crippen LogP contribution is 2.36. The van der Waals surface area contributed by atoms with E-state index in [1.54, 1.807) is 11.8 Å². The summed E-state index contributed by atoms with van der Waals surface area (Å²) in [6.45, 7) is 2.00. The molecule has 2 N–H and O–H groups in total. The van der Waals surface area contributed by atoms with Crippen LogP contribution in [0.2, 0.25) is 5.02 Å². The molecule has 0 radical (unpaired) electrons. The number of rotatable bonds is 2. The molecule has 4 heteroatoms. The Morgan fingerprint density at radius 3 is 2.71 bits per heavy atom. The Morgan fingerprint density at radius 2 is 2.00 bits per heavy atom. The number of anilines is 1. The van der Waals surface area contributed by atoms with Crippen LogP contribution in [0.25, 0.3) is 0 Å². The van der Waals surface area contributed by atoms with Crippen molar-refractivity contribution in [3.05, 3.63) is 51.5 Å². The Hall–Kier alpha value is -0.640. The lowest BCUT2D eigenvalue weighted by Crippen LogP contribution is -1.90.